The van der Waals surface area contributed by atoms with Crippen LogP contribution in [-0.4, -0.2) is 31.2 Å². The summed E-state index contributed by atoms with van der Waals surface area (Å²) < 4.78 is 1.21. The molecule has 4 nitrogen and oxygen atoms in total. The highest BCUT2D eigenvalue weighted by Crippen LogP contribution is 2.60. The molecular formula is C23H26IN3OS. The van der Waals surface area contributed by atoms with E-state index in [4.69, 9.17) is 0 Å². The van der Waals surface area contributed by atoms with Gasteiger partial charge >= 0.3 is 0 Å². The summed E-state index contributed by atoms with van der Waals surface area (Å²) in [6, 6.07) is 19.2. The predicted octanol–water partition coefficient (Wildman–Crippen LogP) is 4.30. The third-order valence-corrected chi connectivity index (χ3v) is 7.38. The fourth-order valence-corrected chi connectivity index (χ4v) is 5.71. The number of hydrogen-bond donors (Lipinski definition) is 3. The van der Waals surface area contributed by atoms with Gasteiger partial charge in [0.05, 0.1) is 0 Å². The molecule has 0 aliphatic heterocycles. The number of aliphatic hydroxyl groups is 1. The fraction of sp³-hybridized carbons (Fsp3) is 0.348. The zero-order chi connectivity index (χ0) is 19.1. The van der Waals surface area contributed by atoms with Crippen LogP contribution in [0.3, 0.4) is 0 Å². The minimum Gasteiger partial charge on any atom is -0.386 e. The molecule has 2 aromatic carbocycles. The Balaban J connectivity index is 0.00000205. The fourth-order valence-electron chi connectivity index (χ4n) is 4.66. The van der Waals surface area contributed by atoms with E-state index in [9.17, 15) is 5.11 Å². The third kappa shape index (κ3) is 4.02. The van der Waals surface area contributed by atoms with Crippen molar-refractivity contribution >= 4 is 51.4 Å². The number of aliphatic imine (C=N–C) groups is 1. The highest BCUT2D eigenvalue weighted by molar-refractivity contribution is 14.0. The van der Waals surface area contributed by atoms with Crippen molar-refractivity contribution in [2.24, 2.45) is 16.8 Å². The van der Waals surface area contributed by atoms with Gasteiger partial charge in [-0.05, 0) is 52.8 Å². The summed E-state index contributed by atoms with van der Waals surface area (Å²) in [4.78, 5) is 5.30. The van der Waals surface area contributed by atoms with E-state index in [-0.39, 0.29) is 24.0 Å². The summed E-state index contributed by atoms with van der Waals surface area (Å²) in [7, 11) is 1.78. The molecule has 4 atom stereocenters. The average molecular weight is 519 g/mol. The lowest BCUT2D eigenvalue weighted by molar-refractivity contribution is 0.184. The number of fused-ring (bicyclic) bond motifs is 4. The number of hydrogen-bond acceptors (Lipinski definition) is 3. The largest absolute Gasteiger partial charge is 0.386 e. The maximum absolute atomic E-state index is 10.6. The van der Waals surface area contributed by atoms with Gasteiger partial charge in [0.15, 0.2) is 5.96 Å². The standard InChI is InChI=1S/C23H25N3OS.HI/c1-24-23(25-12-18-17-10-14-6-2-4-8-16(14)22(17)18)26-13-19(27)21-11-15-7-3-5-9-20(15)28-21;/h2-9,11,17-19,22,27H,10,12-13H2,1H3,(H2,24,25,26);1H. The molecule has 6 heteroatoms. The highest BCUT2D eigenvalue weighted by atomic mass is 127. The number of halogens is 1. The molecule has 0 amide bonds. The normalized spacial score (nSPS) is 23.1. The molecule has 29 heavy (non-hydrogen) atoms. The predicted molar refractivity (Wildman–Crippen MR) is 131 cm³/mol. The van der Waals surface area contributed by atoms with Crippen molar-refractivity contribution in [3.63, 3.8) is 0 Å². The Morgan fingerprint density at radius 2 is 1.97 bits per heavy atom. The van der Waals surface area contributed by atoms with Gasteiger partial charge < -0.3 is 15.7 Å². The number of benzene rings is 2. The summed E-state index contributed by atoms with van der Waals surface area (Å²) in [5.74, 6) is 2.96. The van der Waals surface area contributed by atoms with Crippen molar-refractivity contribution in [3.05, 3.63) is 70.6 Å². The van der Waals surface area contributed by atoms with Crippen molar-refractivity contribution in [1.29, 1.82) is 0 Å². The van der Waals surface area contributed by atoms with E-state index < -0.39 is 6.10 Å². The summed E-state index contributed by atoms with van der Waals surface area (Å²) in [6.45, 7) is 1.38. The molecule has 3 aromatic rings. The van der Waals surface area contributed by atoms with Crippen LogP contribution in [-0.2, 0) is 6.42 Å². The van der Waals surface area contributed by atoms with Crippen molar-refractivity contribution in [2.45, 2.75) is 18.4 Å². The number of nitrogens with zero attached hydrogens (tertiary/aromatic N) is 1. The van der Waals surface area contributed by atoms with Crippen molar-refractivity contribution in [2.75, 3.05) is 20.1 Å². The molecule has 0 spiro atoms. The zero-order valence-electron chi connectivity index (χ0n) is 16.3. The number of aliphatic hydroxyl groups excluding tert-OH is 1. The summed E-state index contributed by atoms with van der Waals surface area (Å²) in [5, 5.41) is 18.5. The molecule has 1 aromatic heterocycles. The quantitative estimate of drug-likeness (QED) is 0.268. The van der Waals surface area contributed by atoms with Crippen LogP contribution in [0.15, 0.2) is 59.6 Å². The molecule has 4 unspecified atom stereocenters. The van der Waals surface area contributed by atoms with E-state index in [1.165, 1.54) is 22.1 Å². The summed E-state index contributed by atoms with van der Waals surface area (Å²) >= 11 is 1.65. The number of thiophene rings is 1. The van der Waals surface area contributed by atoms with E-state index in [0.29, 0.717) is 18.4 Å². The molecule has 152 valence electrons. The van der Waals surface area contributed by atoms with E-state index in [1.807, 2.05) is 12.1 Å². The van der Waals surface area contributed by atoms with Gasteiger partial charge in [-0.1, -0.05) is 42.5 Å². The number of nitrogens with one attached hydrogen (secondary N) is 2. The molecular weight excluding hydrogens is 493 g/mol. The van der Waals surface area contributed by atoms with E-state index in [1.54, 1.807) is 23.9 Å². The van der Waals surface area contributed by atoms with Crippen LogP contribution in [0.5, 0.6) is 0 Å². The molecule has 1 saturated carbocycles. The number of rotatable bonds is 5. The second-order valence-electron chi connectivity index (χ2n) is 7.79. The lowest BCUT2D eigenvalue weighted by Crippen LogP contribution is -2.40. The van der Waals surface area contributed by atoms with E-state index in [0.717, 1.165) is 23.3 Å². The minimum absolute atomic E-state index is 0. The Kier molecular flexibility index (Phi) is 6.13. The van der Waals surface area contributed by atoms with Crippen LogP contribution in [0.25, 0.3) is 10.1 Å². The molecule has 0 saturated heterocycles. The first-order valence-electron chi connectivity index (χ1n) is 9.93. The van der Waals surface area contributed by atoms with Crippen molar-refractivity contribution in [1.82, 2.24) is 10.6 Å². The first kappa shape index (κ1) is 20.6. The molecule has 1 heterocycles. The lowest BCUT2D eigenvalue weighted by atomic mass is 10.0. The van der Waals surface area contributed by atoms with Crippen LogP contribution in [0.2, 0.25) is 0 Å². The molecule has 0 bridgehead atoms. The number of guanidine groups is 1. The van der Waals surface area contributed by atoms with Gasteiger partial charge in [-0.15, -0.1) is 35.3 Å². The van der Waals surface area contributed by atoms with E-state index >= 15 is 0 Å². The first-order chi connectivity index (χ1) is 13.7. The third-order valence-electron chi connectivity index (χ3n) is 6.17. The van der Waals surface area contributed by atoms with Crippen LogP contribution < -0.4 is 10.6 Å². The summed E-state index contributed by atoms with van der Waals surface area (Å²) in [5.41, 5.74) is 3.07. The Morgan fingerprint density at radius 3 is 2.79 bits per heavy atom. The minimum atomic E-state index is -0.539. The van der Waals surface area contributed by atoms with Gasteiger partial charge in [0, 0.05) is 29.7 Å². The van der Waals surface area contributed by atoms with Gasteiger partial charge in [0.1, 0.15) is 6.10 Å². The second-order valence-corrected chi connectivity index (χ2v) is 8.91. The first-order valence-corrected chi connectivity index (χ1v) is 10.7. The summed E-state index contributed by atoms with van der Waals surface area (Å²) in [6.07, 6.45) is 0.673. The van der Waals surface area contributed by atoms with Crippen LogP contribution in [0.1, 0.15) is 28.0 Å². The maximum atomic E-state index is 10.6. The Bertz CT molecular complexity index is 1000. The highest BCUT2D eigenvalue weighted by Gasteiger charge is 2.54. The molecule has 2 aliphatic carbocycles. The molecule has 5 rings (SSSR count). The Labute approximate surface area is 192 Å². The van der Waals surface area contributed by atoms with Gasteiger partial charge in [-0.3, -0.25) is 4.99 Å². The smallest absolute Gasteiger partial charge is 0.191 e. The maximum Gasteiger partial charge on any atom is 0.191 e. The van der Waals surface area contributed by atoms with Crippen LogP contribution in [0, 0.1) is 11.8 Å². The van der Waals surface area contributed by atoms with Gasteiger partial charge in [-0.25, -0.2) is 0 Å². The van der Waals surface area contributed by atoms with Crippen LogP contribution >= 0.6 is 35.3 Å². The average Bonchev–Trinajstić information content (AvgIpc) is 3.07. The SMILES string of the molecule is CN=C(NCC(O)c1cc2ccccc2s1)NCC1C2Cc3ccccc3C12.I. The van der Waals surface area contributed by atoms with Crippen molar-refractivity contribution < 1.29 is 5.11 Å². The van der Waals surface area contributed by atoms with Crippen molar-refractivity contribution in [3.8, 4) is 0 Å². The zero-order valence-corrected chi connectivity index (χ0v) is 19.5. The Hall–Kier alpha value is -1.64. The molecule has 0 radical (unpaired) electrons. The monoisotopic (exact) mass is 519 g/mol. The molecule has 2 aliphatic rings. The van der Waals surface area contributed by atoms with E-state index in [2.05, 4.69) is 58.1 Å². The van der Waals surface area contributed by atoms with Crippen LogP contribution in [0.4, 0.5) is 0 Å². The van der Waals surface area contributed by atoms with Gasteiger partial charge in [0.25, 0.3) is 0 Å². The second kappa shape index (κ2) is 8.62. The van der Waals surface area contributed by atoms with Gasteiger partial charge in [0.2, 0.25) is 0 Å². The molecule has 1 fully saturated rings. The topological polar surface area (TPSA) is 56.7 Å². The van der Waals surface area contributed by atoms with Gasteiger partial charge in [-0.2, -0.15) is 0 Å². The lowest BCUT2D eigenvalue weighted by Gasteiger charge is -2.15. The molecule has 3 N–H and O–H groups in total. The Morgan fingerprint density at radius 1 is 1.17 bits per heavy atom.